The predicted octanol–water partition coefficient (Wildman–Crippen LogP) is 4.08. The van der Waals surface area contributed by atoms with Gasteiger partial charge in [-0.05, 0) is 54.0 Å². The molecule has 2 amide bonds. The van der Waals surface area contributed by atoms with Crippen molar-refractivity contribution in [2.24, 2.45) is 0 Å². The van der Waals surface area contributed by atoms with Crippen LogP contribution in [0.25, 0.3) is 11.1 Å². The molecule has 4 rings (SSSR count). The first-order valence-electron chi connectivity index (χ1n) is 11.2. The molecular weight excluding hydrogens is 398 g/mol. The van der Waals surface area contributed by atoms with E-state index in [1.807, 2.05) is 36.5 Å². The van der Waals surface area contributed by atoms with Crippen LogP contribution in [0.15, 0.2) is 79.1 Å². The molecule has 32 heavy (non-hydrogen) atoms. The summed E-state index contributed by atoms with van der Waals surface area (Å²) < 4.78 is 0. The minimum atomic E-state index is -0.355. The fraction of sp³-hybridized carbons (Fsp3) is 0.296. The Labute approximate surface area is 189 Å². The molecule has 3 aromatic rings. The number of hydrogen-bond donors (Lipinski definition) is 2. The van der Waals surface area contributed by atoms with Gasteiger partial charge in [-0.1, -0.05) is 60.7 Å². The molecule has 1 aromatic heterocycles. The monoisotopic (exact) mass is 427 g/mol. The summed E-state index contributed by atoms with van der Waals surface area (Å²) in [6.07, 6.45) is 7.37. The normalized spacial score (nSPS) is 17.7. The molecule has 2 heterocycles. The van der Waals surface area contributed by atoms with Gasteiger partial charge in [0.05, 0.1) is 0 Å². The van der Waals surface area contributed by atoms with Crippen LogP contribution in [0.2, 0.25) is 0 Å². The molecule has 0 radical (unpaired) electrons. The van der Waals surface area contributed by atoms with Crippen molar-refractivity contribution >= 4 is 11.8 Å². The summed E-state index contributed by atoms with van der Waals surface area (Å²) in [7, 11) is 0. The number of amides is 2. The second-order valence-electron chi connectivity index (χ2n) is 8.53. The highest BCUT2D eigenvalue weighted by Crippen LogP contribution is 2.30. The van der Waals surface area contributed by atoms with Crippen molar-refractivity contribution in [3.8, 4) is 11.1 Å². The SMILES string of the molecule is O=C(CC[C@@]1(Cc2ccc(-c3ccccc3)cc2)CCC(=O)N1)NCCc1cccnc1. The van der Waals surface area contributed by atoms with Gasteiger partial charge in [-0.2, -0.15) is 0 Å². The van der Waals surface area contributed by atoms with Crippen molar-refractivity contribution in [2.75, 3.05) is 6.54 Å². The zero-order valence-electron chi connectivity index (χ0n) is 18.2. The molecule has 0 aliphatic carbocycles. The molecule has 5 heteroatoms. The first-order chi connectivity index (χ1) is 15.6. The summed E-state index contributed by atoms with van der Waals surface area (Å²) in [6.45, 7) is 0.588. The lowest BCUT2D eigenvalue weighted by Crippen LogP contribution is -2.44. The van der Waals surface area contributed by atoms with Gasteiger partial charge in [0.15, 0.2) is 0 Å². The maximum atomic E-state index is 12.4. The van der Waals surface area contributed by atoms with Crippen molar-refractivity contribution in [3.05, 3.63) is 90.3 Å². The molecular formula is C27H29N3O2. The van der Waals surface area contributed by atoms with Gasteiger partial charge in [-0.25, -0.2) is 0 Å². The molecule has 1 aliphatic rings. The van der Waals surface area contributed by atoms with E-state index in [-0.39, 0.29) is 17.4 Å². The van der Waals surface area contributed by atoms with E-state index >= 15 is 0 Å². The Morgan fingerprint density at radius 3 is 2.44 bits per heavy atom. The third-order valence-electron chi connectivity index (χ3n) is 6.13. The zero-order valence-corrected chi connectivity index (χ0v) is 18.2. The number of benzene rings is 2. The van der Waals surface area contributed by atoms with Gasteiger partial charge in [0.25, 0.3) is 0 Å². The van der Waals surface area contributed by atoms with Crippen LogP contribution in [0.4, 0.5) is 0 Å². The van der Waals surface area contributed by atoms with E-state index in [4.69, 9.17) is 0 Å². The number of aromatic nitrogens is 1. The van der Waals surface area contributed by atoms with Crippen LogP contribution in [0.1, 0.15) is 36.8 Å². The molecule has 1 atom stereocenters. The standard InChI is InChI=1S/C27H29N3O2/c31-25(29-18-14-22-5-4-17-28-20-22)12-15-27(16-13-26(32)30-27)19-21-8-10-24(11-9-21)23-6-2-1-3-7-23/h1-11,17,20H,12-16,18-19H2,(H,29,31)(H,30,32)/t27-/m0/s1. The van der Waals surface area contributed by atoms with Crippen LogP contribution >= 0.6 is 0 Å². The third-order valence-corrected chi connectivity index (χ3v) is 6.13. The molecule has 2 aromatic carbocycles. The number of hydrogen-bond acceptors (Lipinski definition) is 3. The maximum absolute atomic E-state index is 12.4. The lowest BCUT2D eigenvalue weighted by molar-refractivity contribution is -0.122. The van der Waals surface area contributed by atoms with Gasteiger partial charge in [-0.15, -0.1) is 0 Å². The van der Waals surface area contributed by atoms with Crippen LogP contribution in [-0.4, -0.2) is 28.9 Å². The predicted molar refractivity (Wildman–Crippen MR) is 126 cm³/mol. The van der Waals surface area contributed by atoms with Gasteiger partial charge in [0, 0.05) is 37.3 Å². The van der Waals surface area contributed by atoms with E-state index < -0.39 is 0 Å². The minimum Gasteiger partial charge on any atom is -0.356 e. The number of rotatable bonds is 9. The van der Waals surface area contributed by atoms with E-state index in [1.165, 1.54) is 16.7 Å². The number of nitrogens with zero attached hydrogens (tertiary/aromatic N) is 1. The Morgan fingerprint density at radius 1 is 0.969 bits per heavy atom. The molecule has 5 nitrogen and oxygen atoms in total. The number of carbonyl (C=O) groups excluding carboxylic acids is 2. The van der Waals surface area contributed by atoms with Crippen molar-refractivity contribution in [2.45, 2.75) is 44.1 Å². The van der Waals surface area contributed by atoms with Gasteiger partial charge < -0.3 is 10.6 Å². The third kappa shape index (κ3) is 5.82. The van der Waals surface area contributed by atoms with Crippen LogP contribution in [0.5, 0.6) is 0 Å². The Kier molecular flexibility index (Phi) is 6.95. The Hall–Kier alpha value is -3.47. The first-order valence-corrected chi connectivity index (χ1v) is 11.2. The number of pyridine rings is 1. The first kappa shape index (κ1) is 21.8. The highest BCUT2D eigenvalue weighted by molar-refractivity contribution is 5.80. The van der Waals surface area contributed by atoms with E-state index in [9.17, 15) is 9.59 Å². The molecule has 0 unspecified atom stereocenters. The quantitative estimate of drug-likeness (QED) is 0.541. The smallest absolute Gasteiger partial charge is 0.220 e. The van der Waals surface area contributed by atoms with Gasteiger partial charge in [0.2, 0.25) is 11.8 Å². The van der Waals surface area contributed by atoms with Crippen LogP contribution in [-0.2, 0) is 22.4 Å². The van der Waals surface area contributed by atoms with Crippen molar-refractivity contribution in [1.82, 2.24) is 15.6 Å². The molecule has 0 spiro atoms. The lowest BCUT2D eigenvalue weighted by atomic mass is 9.84. The van der Waals surface area contributed by atoms with Crippen LogP contribution < -0.4 is 10.6 Å². The van der Waals surface area contributed by atoms with Crippen LogP contribution in [0, 0.1) is 0 Å². The molecule has 1 fully saturated rings. The minimum absolute atomic E-state index is 0.0221. The Balaban J connectivity index is 1.33. The molecule has 2 N–H and O–H groups in total. The Bertz CT molecular complexity index is 1040. The summed E-state index contributed by atoms with van der Waals surface area (Å²) in [5.41, 5.74) is 4.28. The summed E-state index contributed by atoms with van der Waals surface area (Å²) in [5, 5.41) is 6.17. The van der Waals surface area contributed by atoms with Gasteiger partial charge >= 0.3 is 0 Å². The highest BCUT2D eigenvalue weighted by Gasteiger charge is 2.37. The van der Waals surface area contributed by atoms with E-state index in [0.29, 0.717) is 25.8 Å². The molecule has 0 bridgehead atoms. The molecule has 1 aliphatic heterocycles. The summed E-state index contributed by atoms with van der Waals surface area (Å²) in [6, 6.07) is 22.7. The number of nitrogens with one attached hydrogen (secondary N) is 2. The van der Waals surface area contributed by atoms with Crippen molar-refractivity contribution in [1.29, 1.82) is 0 Å². The topological polar surface area (TPSA) is 71.1 Å². The second-order valence-corrected chi connectivity index (χ2v) is 8.53. The summed E-state index contributed by atoms with van der Waals surface area (Å²) >= 11 is 0. The zero-order chi connectivity index (χ0) is 22.2. The average molecular weight is 428 g/mol. The Morgan fingerprint density at radius 2 is 1.75 bits per heavy atom. The lowest BCUT2D eigenvalue weighted by Gasteiger charge is -2.29. The summed E-state index contributed by atoms with van der Waals surface area (Å²) in [4.78, 5) is 28.6. The van der Waals surface area contributed by atoms with E-state index in [2.05, 4.69) is 52.0 Å². The van der Waals surface area contributed by atoms with Gasteiger partial charge in [-0.3, -0.25) is 14.6 Å². The molecule has 164 valence electrons. The molecule has 0 saturated carbocycles. The number of carbonyl (C=O) groups is 2. The van der Waals surface area contributed by atoms with E-state index in [1.54, 1.807) is 6.20 Å². The van der Waals surface area contributed by atoms with Crippen LogP contribution in [0.3, 0.4) is 0 Å². The summed E-state index contributed by atoms with van der Waals surface area (Å²) in [5.74, 6) is 0.0942. The largest absolute Gasteiger partial charge is 0.356 e. The molecule has 1 saturated heterocycles. The fourth-order valence-electron chi connectivity index (χ4n) is 4.35. The second kappa shape index (κ2) is 10.2. The van der Waals surface area contributed by atoms with Crippen molar-refractivity contribution in [3.63, 3.8) is 0 Å². The van der Waals surface area contributed by atoms with Crippen molar-refractivity contribution < 1.29 is 9.59 Å². The van der Waals surface area contributed by atoms with Gasteiger partial charge in [0.1, 0.15) is 0 Å². The average Bonchev–Trinajstić information content (AvgIpc) is 3.20. The highest BCUT2D eigenvalue weighted by atomic mass is 16.2. The van der Waals surface area contributed by atoms with E-state index in [0.717, 1.165) is 24.8 Å². The fourth-order valence-corrected chi connectivity index (χ4v) is 4.35. The maximum Gasteiger partial charge on any atom is 0.220 e.